The number of fused-ring (bicyclic) bond motifs is 4. The average molecular weight is 1240 g/mol. The SMILES string of the molecule is C.C#C[C@@]12CC[C@@H](C)[C@@](C)(C(=O)C[C@](C)(C=C)CO)C1C1(CC2)OCCO1.C#C[C@@]12CC[C@@H](C)[C@@](C)(C(=O)C[C@](C)(C=C)COCc3ccc(OC)cc3)C1C1(CC2)OCCO1.S=S=S=S=S=S=S=S=S=S=S=S. The van der Waals surface area contributed by atoms with Crippen molar-refractivity contribution in [3.05, 3.63) is 55.1 Å². The molecule has 7 rings (SSSR count). The van der Waals surface area contributed by atoms with Gasteiger partial charge in [0, 0.05) is 181 Å². The van der Waals surface area contributed by atoms with Gasteiger partial charge in [-0.1, -0.05) is 85.1 Å². The fraction of sp³-hybridized carbons (Fsp3) is 0.698. The summed E-state index contributed by atoms with van der Waals surface area (Å²) in [7, 11) is 17.9. The van der Waals surface area contributed by atoms with Crippen LogP contribution in [0.5, 0.6) is 5.75 Å². The van der Waals surface area contributed by atoms with Crippen LogP contribution >= 0.6 is 0 Å². The lowest BCUT2D eigenvalue weighted by Crippen LogP contribution is -2.59. The summed E-state index contributed by atoms with van der Waals surface area (Å²) in [5, 5.41) is 9.77. The number of aliphatic hydroxyl groups is 1. The van der Waals surface area contributed by atoms with Gasteiger partial charge in [0.2, 0.25) is 0 Å². The Bertz CT molecular complexity index is 2670. The molecule has 1 aromatic carbocycles. The van der Waals surface area contributed by atoms with Gasteiger partial charge in [-0.25, -0.2) is 0 Å². The van der Waals surface area contributed by atoms with Crippen molar-refractivity contribution in [1.82, 2.24) is 0 Å². The predicted molar refractivity (Wildman–Crippen MR) is 331 cm³/mol. The summed E-state index contributed by atoms with van der Waals surface area (Å²) in [5.41, 5.74) is -2.08. The molecule has 6 fully saturated rings. The van der Waals surface area contributed by atoms with E-state index in [0.29, 0.717) is 46.1 Å². The van der Waals surface area contributed by atoms with Gasteiger partial charge in [0.15, 0.2) is 11.6 Å². The molecule has 1 aromatic rings. The molecule has 6 aliphatic rings. The normalized spacial score (nSPS) is 31.0. The highest BCUT2D eigenvalue weighted by molar-refractivity contribution is 8.75. The van der Waals surface area contributed by atoms with Crippen LogP contribution in [0.25, 0.3) is 0 Å². The molecule has 0 amide bonds. The summed E-state index contributed by atoms with van der Waals surface area (Å²) >= 11 is 9.38. The van der Waals surface area contributed by atoms with E-state index in [1.165, 1.54) is 17.8 Å². The number of terminal acetylenes is 2. The van der Waals surface area contributed by atoms with E-state index in [1.54, 1.807) is 84.2 Å². The van der Waals surface area contributed by atoms with Gasteiger partial charge in [0.05, 0.1) is 53.4 Å². The Hall–Kier alpha value is -0.640. The molecule has 10 atom stereocenters. The first-order chi connectivity index (χ1) is 34.8. The van der Waals surface area contributed by atoms with Crippen LogP contribution in [0.2, 0.25) is 0 Å². The molecule has 4 aliphatic carbocycles. The fourth-order valence-corrected chi connectivity index (χ4v) is 34.5. The summed E-state index contributed by atoms with van der Waals surface area (Å²) < 4.78 is 36.1. The maximum atomic E-state index is 14.3. The van der Waals surface area contributed by atoms with E-state index in [9.17, 15) is 14.7 Å². The Labute approximate surface area is 481 Å². The highest BCUT2D eigenvalue weighted by atomic mass is 33.4. The molecular weight excluding hydrogens is 1170 g/mol. The highest BCUT2D eigenvalue weighted by Gasteiger charge is 2.71. The van der Waals surface area contributed by atoms with E-state index in [4.69, 9.17) is 41.3 Å². The summed E-state index contributed by atoms with van der Waals surface area (Å²) in [5.74, 6) is 5.91. The van der Waals surface area contributed by atoms with Crippen LogP contribution in [-0.4, -0.2) is 75.0 Å². The third-order valence-corrected chi connectivity index (χ3v) is 37.0. The first kappa shape index (κ1) is 65.9. The Morgan fingerprint density at radius 1 is 0.716 bits per heavy atom. The number of carbonyl (C=O) groups is 2. The van der Waals surface area contributed by atoms with Crippen LogP contribution in [0, 0.1) is 80.8 Å². The Morgan fingerprint density at radius 3 is 1.46 bits per heavy atom. The molecule has 74 heavy (non-hydrogen) atoms. The lowest BCUT2D eigenvalue weighted by Gasteiger charge is -2.54. The second kappa shape index (κ2) is 29.2. The van der Waals surface area contributed by atoms with E-state index in [0.717, 1.165) is 62.7 Å². The van der Waals surface area contributed by atoms with Crippen LogP contribution in [0.4, 0.5) is 0 Å². The van der Waals surface area contributed by atoms with E-state index in [1.807, 2.05) is 44.2 Å². The van der Waals surface area contributed by atoms with Crippen molar-refractivity contribution in [1.29, 1.82) is 0 Å². The number of aliphatic hydroxyl groups excluding tert-OH is 1. The number of benzene rings is 1. The monoisotopic (exact) mass is 1240 g/mol. The van der Waals surface area contributed by atoms with E-state index < -0.39 is 33.2 Å². The van der Waals surface area contributed by atoms with Crippen LogP contribution in [0.1, 0.15) is 119 Å². The number of methoxy groups -OCH3 is 1. The minimum Gasteiger partial charge on any atom is -0.497 e. The first-order valence-electron chi connectivity index (χ1n) is 24.4. The van der Waals surface area contributed by atoms with Crippen molar-refractivity contribution in [2.45, 2.75) is 131 Å². The zero-order valence-electron chi connectivity index (χ0n) is 43.0. The highest BCUT2D eigenvalue weighted by Crippen LogP contribution is 2.69. The molecule has 2 saturated heterocycles. The van der Waals surface area contributed by atoms with E-state index in [2.05, 4.69) is 75.1 Å². The van der Waals surface area contributed by atoms with Gasteiger partial charge in [0.1, 0.15) is 17.3 Å². The number of hydrogen-bond donors (Lipinski definition) is 1. The van der Waals surface area contributed by atoms with E-state index >= 15 is 0 Å². The zero-order chi connectivity index (χ0) is 53.6. The first-order valence-corrected chi connectivity index (χ1v) is 39.1. The standard InChI is InChI=1S/C30H40O5.C22H32O4.CH4.S12/c1-7-27(4,21-33-20-23-9-11-24(32-6)12-10-23)19-25(31)28(5)22(3)13-14-29(8-2)15-16-30(26(28)29)34-17-18-35-30;1-6-19(4,15-23)14-17(24)20(5)16(3)8-9-21(7-2)10-11-22(18(20)21)25-12-13-26-22;;1-3-5-7-9-11-12-10-8-6-4-2/h2,7,9-12,22,26H,1,13-21H2,3-6H3;2,6,16,18,23H,1,8-15H2,3-5H3;1H4;/t22-,26?,27+,28+,29+;16-,18?,19+,20+,21+;;/m11../s1. The van der Waals surface area contributed by atoms with Crippen LogP contribution in [-0.2, 0) is 151 Å². The summed E-state index contributed by atoms with van der Waals surface area (Å²) in [6.45, 7) is 23.3. The van der Waals surface area contributed by atoms with Gasteiger partial charge < -0.3 is 33.5 Å². The average Bonchev–Trinajstić information content (AvgIpc) is 4.22. The van der Waals surface area contributed by atoms with Crippen LogP contribution < -0.4 is 4.74 Å². The van der Waals surface area contributed by atoms with Crippen molar-refractivity contribution < 1.29 is 43.1 Å². The molecule has 1 N–H and O–H groups in total. The Kier molecular flexibility index (Phi) is 26.0. The van der Waals surface area contributed by atoms with Gasteiger partial charge in [-0.05, 0) is 68.1 Å². The number of rotatable bonds is 14. The van der Waals surface area contributed by atoms with Crippen molar-refractivity contribution in [3.8, 4) is 30.4 Å². The zero-order valence-corrected chi connectivity index (χ0v) is 52.8. The van der Waals surface area contributed by atoms with Gasteiger partial charge in [-0.2, -0.15) is 0 Å². The summed E-state index contributed by atoms with van der Waals surface area (Å²) in [4.78, 5) is 27.9. The van der Waals surface area contributed by atoms with Crippen molar-refractivity contribution in [3.63, 3.8) is 0 Å². The van der Waals surface area contributed by atoms with Crippen molar-refractivity contribution in [2.75, 3.05) is 46.8 Å². The third kappa shape index (κ3) is 14.4. The molecule has 4 saturated carbocycles. The second-order valence-electron chi connectivity index (χ2n) is 21.0. The minimum absolute atomic E-state index is 0. The predicted octanol–water partition coefficient (Wildman–Crippen LogP) is 9.52. The maximum Gasteiger partial charge on any atom is 0.173 e. The lowest BCUT2D eigenvalue weighted by molar-refractivity contribution is -0.232. The number of Topliss-reactive ketones (excluding diaryl/α,β-unsaturated/α-hetero) is 2. The van der Waals surface area contributed by atoms with Crippen molar-refractivity contribution >= 4 is 123 Å². The number of ketones is 2. The van der Waals surface area contributed by atoms with Gasteiger partial charge in [-0.15, -0.1) is 26.0 Å². The van der Waals surface area contributed by atoms with Gasteiger partial charge in [-0.3, -0.25) is 9.59 Å². The van der Waals surface area contributed by atoms with Gasteiger partial charge >= 0.3 is 0 Å². The molecule has 2 unspecified atom stereocenters. The molecule has 0 aromatic heterocycles. The Morgan fingerprint density at radius 2 is 1.11 bits per heavy atom. The maximum absolute atomic E-state index is 14.3. The third-order valence-electron chi connectivity index (χ3n) is 17.0. The number of ether oxygens (including phenoxy) is 6. The van der Waals surface area contributed by atoms with E-state index in [-0.39, 0.29) is 66.5 Å². The largest absolute Gasteiger partial charge is 0.497 e. The Balaban J connectivity index is 0.000000267. The molecule has 0 radical (unpaired) electrons. The summed E-state index contributed by atoms with van der Waals surface area (Å²) in [6, 6.07) is 7.81. The number of carbonyl (C=O) groups excluding carboxylic acids is 2. The topological polar surface area (TPSA) is 110 Å². The summed E-state index contributed by atoms with van der Waals surface area (Å²) in [6.07, 6.45) is 23.2. The fourth-order valence-electron chi connectivity index (χ4n) is 12.5. The smallest absolute Gasteiger partial charge is 0.173 e. The second-order valence-corrected chi connectivity index (χ2v) is 38.7. The molecular formula is C53H76O9S12. The van der Waals surface area contributed by atoms with Gasteiger partial charge in [0.25, 0.3) is 0 Å². The molecule has 414 valence electrons. The molecule has 9 nitrogen and oxygen atoms in total. The van der Waals surface area contributed by atoms with Crippen LogP contribution in [0.15, 0.2) is 49.6 Å². The molecule has 21 heteroatoms. The quantitative estimate of drug-likeness (QED) is 0.142. The molecule has 2 spiro atoms. The molecule has 2 heterocycles. The lowest BCUT2D eigenvalue weighted by atomic mass is 9.49. The number of hydrogen-bond acceptors (Lipinski definition) is 11. The molecule has 2 aliphatic heterocycles. The minimum atomic E-state index is -0.749. The molecule has 0 bridgehead atoms. The van der Waals surface area contributed by atoms with Crippen molar-refractivity contribution in [2.24, 2.45) is 56.2 Å². The van der Waals surface area contributed by atoms with Crippen LogP contribution in [0.3, 0.4) is 0 Å².